The summed E-state index contributed by atoms with van der Waals surface area (Å²) in [6.45, 7) is 4.63. The van der Waals surface area contributed by atoms with E-state index >= 15 is 0 Å². The monoisotopic (exact) mass is 180 g/mol. The molecular formula is C12H20O. The number of fused-ring (bicyclic) bond motifs is 1. The Kier molecular flexibility index (Phi) is 2.46. The highest BCUT2D eigenvalue weighted by atomic mass is 16.3. The van der Waals surface area contributed by atoms with Crippen LogP contribution in [0.1, 0.15) is 46.0 Å². The average molecular weight is 180 g/mol. The quantitative estimate of drug-likeness (QED) is 0.568. The van der Waals surface area contributed by atoms with Crippen LogP contribution >= 0.6 is 0 Å². The molecule has 0 heterocycles. The molecule has 0 bridgehead atoms. The minimum absolute atomic E-state index is 0.0186. The first-order chi connectivity index (χ1) is 6.18. The fraction of sp³-hybridized carbons (Fsp3) is 0.833. The molecule has 0 radical (unpaired) electrons. The Balaban J connectivity index is 2.20. The summed E-state index contributed by atoms with van der Waals surface area (Å²) in [5.41, 5.74) is 3.31. The van der Waals surface area contributed by atoms with Crippen LogP contribution in [0.3, 0.4) is 0 Å². The maximum Gasteiger partial charge on any atom is 0.0549 e. The summed E-state index contributed by atoms with van der Waals surface area (Å²) < 4.78 is 0. The van der Waals surface area contributed by atoms with E-state index in [0.29, 0.717) is 0 Å². The van der Waals surface area contributed by atoms with Crippen LogP contribution in [-0.2, 0) is 0 Å². The fourth-order valence-electron chi connectivity index (χ4n) is 2.91. The van der Waals surface area contributed by atoms with Crippen molar-refractivity contribution in [3.8, 4) is 0 Å². The number of aliphatic hydroxyl groups is 1. The smallest absolute Gasteiger partial charge is 0.0549 e. The van der Waals surface area contributed by atoms with E-state index in [9.17, 15) is 5.11 Å². The van der Waals surface area contributed by atoms with Crippen LogP contribution in [0.5, 0.6) is 0 Å². The van der Waals surface area contributed by atoms with Crippen LogP contribution in [-0.4, -0.2) is 11.2 Å². The SMILES string of the molecule is CC1=C2CC[C@@H](O)C[C@H]2CC[C@@H]1C. The second kappa shape index (κ2) is 3.45. The van der Waals surface area contributed by atoms with Gasteiger partial charge < -0.3 is 5.11 Å². The molecular weight excluding hydrogens is 160 g/mol. The second-order valence-electron chi connectivity index (χ2n) is 4.81. The molecule has 1 saturated carbocycles. The van der Waals surface area contributed by atoms with Crippen molar-refractivity contribution in [2.75, 3.05) is 0 Å². The van der Waals surface area contributed by atoms with Crippen molar-refractivity contribution in [2.24, 2.45) is 11.8 Å². The van der Waals surface area contributed by atoms with Gasteiger partial charge in [0.2, 0.25) is 0 Å². The van der Waals surface area contributed by atoms with Crippen LogP contribution in [0.2, 0.25) is 0 Å². The van der Waals surface area contributed by atoms with Gasteiger partial charge in [0, 0.05) is 0 Å². The highest BCUT2D eigenvalue weighted by Crippen LogP contribution is 2.41. The largest absolute Gasteiger partial charge is 0.393 e. The van der Waals surface area contributed by atoms with E-state index < -0.39 is 0 Å². The predicted molar refractivity (Wildman–Crippen MR) is 54.4 cm³/mol. The van der Waals surface area contributed by atoms with Crippen LogP contribution in [0.25, 0.3) is 0 Å². The Morgan fingerprint density at radius 3 is 2.77 bits per heavy atom. The van der Waals surface area contributed by atoms with E-state index in [-0.39, 0.29) is 6.10 Å². The maximum atomic E-state index is 9.58. The Labute approximate surface area is 80.8 Å². The van der Waals surface area contributed by atoms with Crippen molar-refractivity contribution >= 4 is 0 Å². The molecule has 0 unspecified atom stereocenters. The lowest BCUT2D eigenvalue weighted by Gasteiger charge is -2.36. The Morgan fingerprint density at radius 2 is 2.00 bits per heavy atom. The van der Waals surface area contributed by atoms with Gasteiger partial charge in [-0.05, 0) is 50.9 Å². The van der Waals surface area contributed by atoms with Gasteiger partial charge in [0.05, 0.1) is 6.10 Å². The minimum Gasteiger partial charge on any atom is -0.393 e. The number of aliphatic hydroxyl groups excluding tert-OH is 1. The summed E-state index contributed by atoms with van der Waals surface area (Å²) in [4.78, 5) is 0. The van der Waals surface area contributed by atoms with Gasteiger partial charge in [-0.25, -0.2) is 0 Å². The molecule has 1 fully saturated rings. The first-order valence-electron chi connectivity index (χ1n) is 5.56. The lowest BCUT2D eigenvalue weighted by Crippen LogP contribution is -2.26. The topological polar surface area (TPSA) is 20.2 Å². The van der Waals surface area contributed by atoms with Crippen molar-refractivity contribution < 1.29 is 5.11 Å². The molecule has 0 aromatic carbocycles. The van der Waals surface area contributed by atoms with E-state index in [2.05, 4.69) is 13.8 Å². The number of hydrogen-bond acceptors (Lipinski definition) is 1. The average Bonchev–Trinajstić information content (AvgIpc) is 2.12. The normalized spacial score (nSPS) is 40.4. The van der Waals surface area contributed by atoms with Gasteiger partial charge in [-0.2, -0.15) is 0 Å². The lowest BCUT2D eigenvalue weighted by atomic mass is 9.71. The Hall–Kier alpha value is -0.300. The standard InChI is InChI=1S/C12H20O/c1-8-3-4-10-7-11(13)5-6-12(10)9(8)2/h8,10-11,13H,3-7H2,1-2H3/t8-,10+,11+/m0/s1. The van der Waals surface area contributed by atoms with Gasteiger partial charge >= 0.3 is 0 Å². The molecule has 13 heavy (non-hydrogen) atoms. The first-order valence-corrected chi connectivity index (χ1v) is 5.56. The van der Waals surface area contributed by atoms with E-state index in [1.54, 1.807) is 11.1 Å². The van der Waals surface area contributed by atoms with E-state index in [0.717, 1.165) is 31.1 Å². The molecule has 1 N–H and O–H groups in total. The summed E-state index contributed by atoms with van der Waals surface area (Å²) in [6, 6.07) is 0. The zero-order valence-corrected chi connectivity index (χ0v) is 8.71. The molecule has 1 heteroatoms. The number of hydrogen-bond donors (Lipinski definition) is 1. The summed E-state index contributed by atoms with van der Waals surface area (Å²) >= 11 is 0. The van der Waals surface area contributed by atoms with E-state index in [1.165, 1.54) is 12.8 Å². The molecule has 2 aliphatic carbocycles. The number of rotatable bonds is 0. The molecule has 74 valence electrons. The molecule has 0 spiro atoms. The minimum atomic E-state index is -0.0186. The second-order valence-corrected chi connectivity index (χ2v) is 4.81. The van der Waals surface area contributed by atoms with Crippen molar-refractivity contribution in [2.45, 2.75) is 52.1 Å². The third-order valence-corrected chi connectivity index (χ3v) is 3.99. The Bertz CT molecular complexity index is 229. The van der Waals surface area contributed by atoms with Gasteiger partial charge in [-0.15, -0.1) is 0 Å². The van der Waals surface area contributed by atoms with Crippen molar-refractivity contribution in [3.63, 3.8) is 0 Å². The maximum absolute atomic E-state index is 9.58. The highest BCUT2D eigenvalue weighted by Gasteiger charge is 2.30. The van der Waals surface area contributed by atoms with Gasteiger partial charge in [0.15, 0.2) is 0 Å². The van der Waals surface area contributed by atoms with E-state index in [4.69, 9.17) is 0 Å². The molecule has 0 aromatic rings. The Morgan fingerprint density at radius 1 is 1.23 bits per heavy atom. The first kappa shape index (κ1) is 9.26. The predicted octanol–water partition coefficient (Wildman–Crippen LogP) is 2.89. The van der Waals surface area contributed by atoms with Gasteiger partial charge in [0.1, 0.15) is 0 Å². The molecule has 2 rings (SSSR count). The van der Waals surface area contributed by atoms with Crippen molar-refractivity contribution in [1.29, 1.82) is 0 Å². The third-order valence-electron chi connectivity index (χ3n) is 3.99. The molecule has 1 nitrogen and oxygen atoms in total. The van der Waals surface area contributed by atoms with Crippen LogP contribution in [0.4, 0.5) is 0 Å². The molecule has 0 amide bonds. The summed E-state index contributed by atoms with van der Waals surface area (Å²) in [5, 5.41) is 9.58. The lowest BCUT2D eigenvalue weighted by molar-refractivity contribution is 0.114. The van der Waals surface area contributed by atoms with Gasteiger partial charge in [-0.1, -0.05) is 18.1 Å². The third kappa shape index (κ3) is 1.67. The van der Waals surface area contributed by atoms with Crippen molar-refractivity contribution in [1.82, 2.24) is 0 Å². The molecule has 0 saturated heterocycles. The molecule has 0 aliphatic heterocycles. The van der Waals surface area contributed by atoms with E-state index in [1.807, 2.05) is 0 Å². The zero-order valence-electron chi connectivity index (χ0n) is 8.71. The van der Waals surface area contributed by atoms with Crippen LogP contribution in [0, 0.1) is 11.8 Å². The molecule has 2 aliphatic rings. The summed E-state index contributed by atoms with van der Waals surface area (Å²) in [5.74, 6) is 1.52. The highest BCUT2D eigenvalue weighted by molar-refractivity contribution is 5.22. The van der Waals surface area contributed by atoms with Crippen molar-refractivity contribution in [3.05, 3.63) is 11.1 Å². The molecule has 0 aromatic heterocycles. The molecule has 3 atom stereocenters. The van der Waals surface area contributed by atoms with Gasteiger partial charge in [0.25, 0.3) is 0 Å². The fourth-order valence-corrected chi connectivity index (χ4v) is 2.91. The van der Waals surface area contributed by atoms with Gasteiger partial charge in [-0.3, -0.25) is 0 Å². The summed E-state index contributed by atoms with van der Waals surface area (Å²) in [7, 11) is 0. The summed E-state index contributed by atoms with van der Waals surface area (Å²) in [6.07, 6.45) is 5.80. The van der Waals surface area contributed by atoms with Crippen LogP contribution < -0.4 is 0 Å². The number of allylic oxidation sites excluding steroid dienone is 2. The van der Waals surface area contributed by atoms with Crippen LogP contribution in [0.15, 0.2) is 11.1 Å². The zero-order chi connectivity index (χ0) is 9.42.